The summed E-state index contributed by atoms with van der Waals surface area (Å²) in [6.45, 7) is 14.9. The van der Waals surface area contributed by atoms with E-state index in [9.17, 15) is 4.79 Å². The van der Waals surface area contributed by atoms with E-state index >= 15 is 0 Å². The summed E-state index contributed by atoms with van der Waals surface area (Å²) in [6, 6.07) is 20.8. The van der Waals surface area contributed by atoms with Crippen molar-refractivity contribution in [3.63, 3.8) is 0 Å². The minimum atomic E-state index is -0.976. The van der Waals surface area contributed by atoms with E-state index in [0.717, 1.165) is 82.8 Å². The molecule has 308 valence electrons. The number of aryl methyl sites for hydroxylation is 2. The first-order chi connectivity index (χ1) is 29.4. The molecule has 0 radical (unpaired) electrons. The van der Waals surface area contributed by atoms with Gasteiger partial charge in [-0.3, -0.25) is 29.3 Å². The van der Waals surface area contributed by atoms with Gasteiger partial charge in [-0.25, -0.2) is 0 Å². The molecule has 1 amide bonds. The van der Waals surface area contributed by atoms with E-state index in [-0.39, 0.29) is 12.5 Å². The van der Waals surface area contributed by atoms with Gasteiger partial charge in [0, 0.05) is 105 Å². The molecule has 0 saturated heterocycles. The molecular weight excluding hydrogens is 761 g/mol. The van der Waals surface area contributed by atoms with Crippen molar-refractivity contribution in [2.45, 2.75) is 72.5 Å². The maximum atomic E-state index is 14.8. The number of carbonyl (C=O) groups excluding carboxylic acids is 1. The predicted molar refractivity (Wildman–Crippen MR) is 222 cm³/mol. The van der Waals surface area contributed by atoms with E-state index in [1.54, 1.807) is 21.8 Å². The van der Waals surface area contributed by atoms with Crippen molar-refractivity contribution in [2.24, 2.45) is 0 Å². The number of nitrogens with zero attached hydrogens (tertiary/aromatic N) is 14. The summed E-state index contributed by atoms with van der Waals surface area (Å²) in [4.78, 5) is 23.5. The van der Waals surface area contributed by atoms with Crippen LogP contribution in [0.25, 0.3) is 0 Å². The molecule has 2 aliphatic heterocycles. The summed E-state index contributed by atoms with van der Waals surface area (Å²) in [6.07, 6.45) is 7.38. The quantitative estimate of drug-likeness (QED) is 0.129. The number of aromatic amines is 2. The number of ether oxygens (including phenoxy) is 1. The first-order valence-electron chi connectivity index (χ1n) is 20.5. The third-order valence-corrected chi connectivity index (χ3v) is 11.5. The number of anilines is 2. The number of hydrogen-bond donors (Lipinski definition) is 2. The number of fused-ring (bicyclic) bond motifs is 6. The molecule has 18 nitrogen and oxygen atoms in total. The smallest absolute Gasteiger partial charge is 0.255 e. The van der Waals surface area contributed by atoms with Gasteiger partial charge in [0.05, 0.1) is 42.9 Å². The minimum Gasteiger partial charge on any atom is -0.456 e. The maximum Gasteiger partial charge on any atom is 0.255 e. The molecule has 2 N–H and O–H groups in total. The number of carbonyl (C=O) groups is 1. The van der Waals surface area contributed by atoms with E-state index in [1.165, 1.54) is 0 Å². The second-order valence-electron chi connectivity index (χ2n) is 15.0. The molecule has 7 aromatic rings. The Morgan fingerprint density at radius 1 is 0.633 bits per heavy atom. The van der Waals surface area contributed by atoms with Gasteiger partial charge >= 0.3 is 0 Å². The summed E-state index contributed by atoms with van der Waals surface area (Å²) in [5.41, 5.74) is 7.63. The molecule has 1 spiro atoms. The highest BCUT2D eigenvalue weighted by Crippen LogP contribution is 2.58. The lowest BCUT2D eigenvalue weighted by molar-refractivity contribution is 0.0642. The fraction of sp³-hybridized carbons (Fsp3) is 0.357. The van der Waals surface area contributed by atoms with E-state index in [4.69, 9.17) is 4.74 Å². The Hall–Kier alpha value is -6.95. The number of amides is 1. The standard InChI is InChI=1S/C42H48N16O2/c1-5-54(6-2)33-13-15-37-39(19-33)60-40-20-34(55(7-3)8-4)14-16-38(40)42(37)36-12-10-9-11-35(36)41(59)58(42)28-32-27-57(52-48-32)18-17-56-26-31(47-51-56)25-53(23-29-21-43-49-45-29)24-30-22-44-50-46-30/h9-16,19-22,26-27H,5-8,17-18,23-25,28H2,1-4H3,(H,43,45,49)(H,44,46,50). The molecular formula is C42H48N16O2. The van der Waals surface area contributed by atoms with Gasteiger partial charge in [-0.1, -0.05) is 51.2 Å². The number of H-pyrrole nitrogens is 2. The van der Waals surface area contributed by atoms with Crippen molar-refractivity contribution in [2.75, 3.05) is 36.0 Å². The average molecular weight is 809 g/mol. The Balaban J connectivity index is 0.999. The highest BCUT2D eigenvalue weighted by Gasteiger charge is 2.56. The van der Waals surface area contributed by atoms with Crippen LogP contribution in [-0.2, 0) is 44.8 Å². The zero-order valence-corrected chi connectivity index (χ0v) is 34.2. The second kappa shape index (κ2) is 16.4. The van der Waals surface area contributed by atoms with Crippen molar-refractivity contribution >= 4 is 17.3 Å². The van der Waals surface area contributed by atoms with Gasteiger partial charge in [0.2, 0.25) is 0 Å². The number of hydrogen-bond acceptors (Lipinski definition) is 13. The van der Waals surface area contributed by atoms with Crippen molar-refractivity contribution < 1.29 is 9.53 Å². The van der Waals surface area contributed by atoms with Crippen molar-refractivity contribution in [1.82, 2.24) is 70.6 Å². The average Bonchev–Trinajstić information content (AvgIpc) is 4.14. The maximum absolute atomic E-state index is 14.8. The van der Waals surface area contributed by atoms with E-state index in [0.29, 0.717) is 44.0 Å². The summed E-state index contributed by atoms with van der Waals surface area (Å²) < 4.78 is 10.5. The van der Waals surface area contributed by atoms with E-state index < -0.39 is 5.54 Å². The SMILES string of the molecule is CCN(CC)c1ccc2c(c1)Oc1cc(N(CC)CC)ccc1C21c2ccccc2C(=O)N1Cc1cn(CCn2cc(CN(Cc3c[nH]nn3)Cc3c[nH]nn3)nn2)nn1. The first kappa shape index (κ1) is 38.6. The highest BCUT2D eigenvalue weighted by molar-refractivity contribution is 6.02. The molecule has 0 unspecified atom stereocenters. The van der Waals surface area contributed by atoms with Gasteiger partial charge < -0.3 is 19.4 Å². The van der Waals surface area contributed by atoms with Crippen LogP contribution >= 0.6 is 0 Å². The van der Waals surface area contributed by atoms with Crippen LogP contribution in [-0.4, -0.2) is 103 Å². The van der Waals surface area contributed by atoms with Gasteiger partial charge in [0.25, 0.3) is 5.91 Å². The number of nitrogens with one attached hydrogen (secondary N) is 2. The third-order valence-electron chi connectivity index (χ3n) is 11.5. The van der Waals surface area contributed by atoms with Crippen LogP contribution in [0.3, 0.4) is 0 Å². The zero-order valence-electron chi connectivity index (χ0n) is 34.2. The highest BCUT2D eigenvalue weighted by atomic mass is 16.5. The molecule has 0 atom stereocenters. The molecule has 0 fully saturated rings. The Bertz CT molecular complexity index is 2460. The van der Waals surface area contributed by atoms with Crippen molar-refractivity contribution in [3.05, 3.63) is 130 Å². The lowest BCUT2D eigenvalue weighted by atomic mass is 9.74. The lowest BCUT2D eigenvalue weighted by Crippen LogP contribution is -2.47. The molecule has 9 rings (SSSR count). The van der Waals surface area contributed by atoms with E-state index in [2.05, 4.69) is 136 Å². The van der Waals surface area contributed by atoms with Crippen LogP contribution < -0.4 is 14.5 Å². The Morgan fingerprint density at radius 2 is 1.17 bits per heavy atom. The summed E-state index contributed by atoms with van der Waals surface area (Å²) in [5, 5.41) is 39.4. The lowest BCUT2D eigenvalue weighted by Gasteiger charge is -2.44. The number of aromatic nitrogens is 12. The van der Waals surface area contributed by atoms with Gasteiger partial charge in [-0.05, 0) is 51.5 Å². The summed E-state index contributed by atoms with van der Waals surface area (Å²) in [5.74, 6) is 1.39. The number of benzene rings is 3. The fourth-order valence-electron chi connectivity index (χ4n) is 8.69. The fourth-order valence-corrected chi connectivity index (χ4v) is 8.69. The molecule has 2 aliphatic rings. The second-order valence-corrected chi connectivity index (χ2v) is 15.0. The third kappa shape index (κ3) is 7.01. The molecule has 0 saturated carbocycles. The van der Waals surface area contributed by atoms with Crippen LogP contribution in [0.4, 0.5) is 11.4 Å². The van der Waals surface area contributed by atoms with Gasteiger partial charge in [-0.2, -0.15) is 0 Å². The molecule has 4 aromatic heterocycles. The van der Waals surface area contributed by atoms with Crippen LogP contribution in [0.5, 0.6) is 11.5 Å². The topological polar surface area (TPSA) is 184 Å². The van der Waals surface area contributed by atoms with Crippen molar-refractivity contribution in [1.29, 1.82) is 0 Å². The molecule has 3 aromatic carbocycles. The molecule has 0 aliphatic carbocycles. The molecule has 6 heterocycles. The monoisotopic (exact) mass is 808 g/mol. The van der Waals surface area contributed by atoms with Crippen LogP contribution in [0.15, 0.2) is 85.5 Å². The van der Waals surface area contributed by atoms with Gasteiger partial charge in [-0.15, -0.1) is 20.4 Å². The largest absolute Gasteiger partial charge is 0.456 e. The van der Waals surface area contributed by atoms with Crippen molar-refractivity contribution in [3.8, 4) is 11.5 Å². The summed E-state index contributed by atoms with van der Waals surface area (Å²) >= 11 is 0. The number of rotatable bonds is 17. The van der Waals surface area contributed by atoms with Crippen LogP contribution in [0.1, 0.15) is 77.5 Å². The van der Waals surface area contributed by atoms with Crippen LogP contribution in [0.2, 0.25) is 0 Å². The molecule has 0 bridgehead atoms. The Labute approximate surface area is 347 Å². The molecule has 18 heteroatoms. The van der Waals surface area contributed by atoms with Crippen LogP contribution in [0, 0.1) is 0 Å². The molecule has 60 heavy (non-hydrogen) atoms. The van der Waals surface area contributed by atoms with Gasteiger partial charge in [0.1, 0.15) is 22.7 Å². The minimum absolute atomic E-state index is 0.0733. The van der Waals surface area contributed by atoms with E-state index in [1.807, 2.05) is 35.5 Å². The predicted octanol–water partition coefficient (Wildman–Crippen LogP) is 4.75. The zero-order chi connectivity index (χ0) is 41.2. The first-order valence-corrected chi connectivity index (χ1v) is 20.5. The Kier molecular flexibility index (Phi) is 10.5. The van der Waals surface area contributed by atoms with Gasteiger partial charge in [0.15, 0.2) is 0 Å². The normalized spacial score (nSPS) is 13.8. The summed E-state index contributed by atoms with van der Waals surface area (Å²) in [7, 11) is 0. The Morgan fingerprint density at radius 3 is 1.72 bits per heavy atom.